The van der Waals surface area contributed by atoms with E-state index in [9.17, 15) is 4.39 Å². The van der Waals surface area contributed by atoms with Crippen LogP contribution in [0.2, 0.25) is 0 Å². The smallest absolute Gasteiger partial charge is 0.123 e. The molecule has 0 heterocycles. The maximum atomic E-state index is 13.0. The first kappa shape index (κ1) is 13.5. The Morgan fingerprint density at radius 3 is 2.88 bits per heavy atom. The molecule has 0 spiro atoms. The van der Waals surface area contributed by atoms with Gasteiger partial charge in [0, 0.05) is 6.04 Å². The Bertz CT molecular complexity index is 304. The molecule has 0 saturated carbocycles. The Morgan fingerprint density at radius 2 is 2.19 bits per heavy atom. The van der Waals surface area contributed by atoms with Gasteiger partial charge in [-0.15, -0.1) is 0 Å². The summed E-state index contributed by atoms with van der Waals surface area (Å²) in [6.45, 7) is 3.07. The quantitative estimate of drug-likeness (QED) is 0.732. The summed E-state index contributed by atoms with van der Waals surface area (Å²) in [5.74, 6) is 1.06. The van der Waals surface area contributed by atoms with Crippen LogP contribution in [0, 0.1) is 5.82 Å². The molecule has 0 amide bonds. The summed E-state index contributed by atoms with van der Waals surface area (Å²) in [6.07, 6.45) is 4.55. The molecular formula is C13H20FNS. The Kier molecular flexibility index (Phi) is 6.50. The summed E-state index contributed by atoms with van der Waals surface area (Å²) in [4.78, 5) is 0. The van der Waals surface area contributed by atoms with Gasteiger partial charge in [-0.25, -0.2) is 4.39 Å². The van der Waals surface area contributed by atoms with Crippen molar-refractivity contribution in [2.24, 2.45) is 0 Å². The standard InChI is InChI=1S/C13H20FNS/c1-11(15-8-3-4-9-16-2)12-6-5-7-13(14)10-12/h5-7,10-11,15H,3-4,8-9H2,1-2H3/t11-/m0/s1. The van der Waals surface area contributed by atoms with Crippen LogP contribution in [-0.4, -0.2) is 18.6 Å². The predicted molar refractivity (Wildman–Crippen MR) is 70.4 cm³/mol. The first-order chi connectivity index (χ1) is 7.74. The summed E-state index contributed by atoms with van der Waals surface area (Å²) in [7, 11) is 0. The summed E-state index contributed by atoms with van der Waals surface area (Å²) in [5.41, 5.74) is 1.02. The lowest BCUT2D eigenvalue weighted by molar-refractivity contribution is 0.549. The van der Waals surface area contributed by atoms with Crippen molar-refractivity contribution >= 4 is 11.8 Å². The van der Waals surface area contributed by atoms with E-state index < -0.39 is 0 Å². The van der Waals surface area contributed by atoms with Gasteiger partial charge in [0.05, 0.1) is 0 Å². The molecule has 1 N–H and O–H groups in total. The molecule has 90 valence electrons. The zero-order chi connectivity index (χ0) is 11.8. The zero-order valence-electron chi connectivity index (χ0n) is 10.0. The van der Waals surface area contributed by atoms with Crippen molar-refractivity contribution in [2.75, 3.05) is 18.6 Å². The van der Waals surface area contributed by atoms with Gasteiger partial charge in [-0.05, 0) is 56.0 Å². The van der Waals surface area contributed by atoms with Gasteiger partial charge in [-0.3, -0.25) is 0 Å². The van der Waals surface area contributed by atoms with E-state index in [2.05, 4.69) is 18.5 Å². The van der Waals surface area contributed by atoms with Crippen molar-refractivity contribution in [1.82, 2.24) is 5.32 Å². The summed E-state index contributed by atoms with van der Waals surface area (Å²) in [6, 6.07) is 7.03. The van der Waals surface area contributed by atoms with Crippen molar-refractivity contribution in [1.29, 1.82) is 0 Å². The Labute approximate surface area is 102 Å². The molecule has 0 fully saturated rings. The minimum atomic E-state index is -0.159. The Hall–Kier alpha value is -0.540. The van der Waals surface area contributed by atoms with Crippen LogP contribution in [0.15, 0.2) is 24.3 Å². The van der Waals surface area contributed by atoms with Gasteiger partial charge in [0.2, 0.25) is 0 Å². The lowest BCUT2D eigenvalue weighted by Gasteiger charge is -2.14. The number of rotatable bonds is 7. The van der Waals surface area contributed by atoms with Gasteiger partial charge in [-0.2, -0.15) is 11.8 Å². The first-order valence-corrected chi connectivity index (χ1v) is 7.11. The molecule has 1 rings (SSSR count). The normalized spacial score (nSPS) is 12.7. The Balaban J connectivity index is 2.27. The molecule has 1 aromatic rings. The fraction of sp³-hybridized carbons (Fsp3) is 0.538. The topological polar surface area (TPSA) is 12.0 Å². The maximum absolute atomic E-state index is 13.0. The van der Waals surface area contributed by atoms with E-state index in [0.29, 0.717) is 0 Å². The van der Waals surface area contributed by atoms with Gasteiger partial charge in [0.25, 0.3) is 0 Å². The van der Waals surface area contributed by atoms with Crippen LogP contribution in [0.25, 0.3) is 0 Å². The number of benzene rings is 1. The van der Waals surface area contributed by atoms with Gasteiger partial charge < -0.3 is 5.32 Å². The molecule has 0 aliphatic carbocycles. The van der Waals surface area contributed by atoms with E-state index in [1.807, 2.05) is 17.8 Å². The monoisotopic (exact) mass is 241 g/mol. The number of hydrogen-bond donors (Lipinski definition) is 1. The predicted octanol–water partition coefficient (Wildman–Crippen LogP) is 3.62. The van der Waals surface area contributed by atoms with Gasteiger partial charge in [0.1, 0.15) is 5.82 Å². The van der Waals surface area contributed by atoms with Gasteiger partial charge in [0.15, 0.2) is 0 Å². The van der Waals surface area contributed by atoms with Gasteiger partial charge in [-0.1, -0.05) is 12.1 Å². The van der Waals surface area contributed by atoms with Crippen molar-refractivity contribution in [2.45, 2.75) is 25.8 Å². The van der Waals surface area contributed by atoms with Crippen LogP contribution >= 0.6 is 11.8 Å². The lowest BCUT2D eigenvalue weighted by atomic mass is 10.1. The second-order valence-electron chi connectivity index (χ2n) is 3.93. The summed E-state index contributed by atoms with van der Waals surface area (Å²) >= 11 is 1.88. The average molecular weight is 241 g/mol. The number of thioether (sulfide) groups is 1. The molecule has 0 saturated heterocycles. The van der Waals surface area contributed by atoms with Crippen molar-refractivity contribution in [3.63, 3.8) is 0 Å². The fourth-order valence-electron chi connectivity index (χ4n) is 1.58. The molecule has 3 heteroatoms. The van der Waals surface area contributed by atoms with E-state index in [1.54, 1.807) is 12.1 Å². The van der Waals surface area contributed by atoms with E-state index in [1.165, 1.54) is 24.7 Å². The number of unbranched alkanes of at least 4 members (excludes halogenated alkanes) is 1. The van der Waals surface area contributed by atoms with Gasteiger partial charge >= 0.3 is 0 Å². The van der Waals surface area contributed by atoms with Crippen LogP contribution in [0.1, 0.15) is 31.4 Å². The highest BCUT2D eigenvalue weighted by Crippen LogP contribution is 2.13. The minimum absolute atomic E-state index is 0.159. The molecule has 1 atom stereocenters. The number of hydrogen-bond acceptors (Lipinski definition) is 2. The molecule has 0 radical (unpaired) electrons. The third-order valence-electron chi connectivity index (χ3n) is 2.57. The maximum Gasteiger partial charge on any atom is 0.123 e. The summed E-state index contributed by atoms with van der Waals surface area (Å²) in [5, 5.41) is 3.41. The SMILES string of the molecule is CSCCCCN[C@@H](C)c1cccc(F)c1. The van der Waals surface area contributed by atoms with Crippen LogP contribution in [-0.2, 0) is 0 Å². The van der Waals surface area contributed by atoms with Crippen molar-refractivity contribution in [3.8, 4) is 0 Å². The van der Waals surface area contributed by atoms with Crippen LogP contribution < -0.4 is 5.32 Å². The van der Waals surface area contributed by atoms with Crippen LogP contribution in [0.3, 0.4) is 0 Å². The highest BCUT2D eigenvalue weighted by atomic mass is 32.2. The molecule has 0 aliphatic rings. The van der Waals surface area contributed by atoms with E-state index >= 15 is 0 Å². The fourth-order valence-corrected chi connectivity index (χ4v) is 2.08. The highest BCUT2D eigenvalue weighted by molar-refractivity contribution is 7.98. The third-order valence-corrected chi connectivity index (χ3v) is 3.27. The second kappa shape index (κ2) is 7.69. The van der Waals surface area contributed by atoms with Crippen molar-refractivity contribution in [3.05, 3.63) is 35.6 Å². The molecule has 1 nitrogen and oxygen atoms in total. The number of halogens is 1. The molecule has 16 heavy (non-hydrogen) atoms. The van der Waals surface area contributed by atoms with E-state index in [4.69, 9.17) is 0 Å². The van der Waals surface area contributed by atoms with E-state index in [0.717, 1.165) is 12.1 Å². The average Bonchev–Trinajstić information content (AvgIpc) is 2.28. The molecule has 0 bridgehead atoms. The number of nitrogens with one attached hydrogen (secondary N) is 1. The minimum Gasteiger partial charge on any atom is -0.310 e. The summed E-state index contributed by atoms with van der Waals surface area (Å²) < 4.78 is 13.0. The Morgan fingerprint density at radius 1 is 1.38 bits per heavy atom. The van der Waals surface area contributed by atoms with Crippen molar-refractivity contribution < 1.29 is 4.39 Å². The molecule has 0 aliphatic heterocycles. The highest BCUT2D eigenvalue weighted by Gasteiger charge is 2.04. The van der Waals surface area contributed by atoms with E-state index in [-0.39, 0.29) is 11.9 Å². The van der Waals surface area contributed by atoms with Crippen LogP contribution in [0.4, 0.5) is 4.39 Å². The lowest BCUT2D eigenvalue weighted by Crippen LogP contribution is -2.20. The molecule has 0 aromatic heterocycles. The third kappa shape index (κ3) is 4.99. The first-order valence-electron chi connectivity index (χ1n) is 5.72. The molecular weight excluding hydrogens is 221 g/mol. The second-order valence-corrected chi connectivity index (χ2v) is 4.92. The largest absolute Gasteiger partial charge is 0.310 e. The molecule has 1 aromatic carbocycles. The molecule has 0 unspecified atom stereocenters. The zero-order valence-corrected chi connectivity index (χ0v) is 10.8. The van der Waals surface area contributed by atoms with Crippen LogP contribution in [0.5, 0.6) is 0 Å².